The number of hydrogen-bond donors (Lipinski definition) is 2. The van der Waals surface area contributed by atoms with Crippen LogP contribution in [0.2, 0.25) is 0 Å². The highest BCUT2D eigenvalue weighted by Gasteiger charge is 2.24. The molecule has 2 aliphatic rings. The molecule has 4 aromatic rings. The number of halogens is 2. The number of nitrogens with zero attached hydrogens (tertiary/aromatic N) is 6. The Kier molecular flexibility index (Phi) is 6.95. The van der Waals surface area contributed by atoms with E-state index in [1.807, 2.05) is 37.5 Å². The number of aldehydes is 1. The molecule has 0 aromatic carbocycles. The van der Waals surface area contributed by atoms with E-state index in [-0.39, 0.29) is 5.83 Å². The molecule has 5 heterocycles. The Labute approximate surface area is 211 Å². The number of carbonyl (C=O) groups excluding carboxylic acids is 1. The summed E-state index contributed by atoms with van der Waals surface area (Å²) in [6.45, 7) is 2.40. The van der Waals surface area contributed by atoms with Crippen LogP contribution in [0.25, 0.3) is 22.6 Å². The SMILES string of the molecule is CNc1cn2nc(-c3c(C4=CC=C(F)C=CC4)nc4n3CCNC4)ccc2n1.O=Cc1ccnc(F)c1. The largest absolute Gasteiger partial charge is 0.372 e. The summed E-state index contributed by atoms with van der Waals surface area (Å²) in [4.78, 5) is 22.6. The second kappa shape index (κ2) is 10.6. The molecule has 6 rings (SSSR count). The molecule has 0 bridgehead atoms. The molecule has 0 radical (unpaired) electrons. The molecule has 37 heavy (non-hydrogen) atoms. The Balaban J connectivity index is 0.000000265. The van der Waals surface area contributed by atoms with E-state index in [4.69, 9.17) is 10.1 Å². The predicted molar refractivity (Wildman–Crippen MR) is 136 cm³/mol. The van der Waals surface area contributed by atoms with Crippen molar-refractivity contribution >= 4 is 23.3 Å². The Morgan fingerprint density at radius 1 is 1.16 bits per heavy atom. The van der Waals surface area contributed by atoms with Gasteiger partial charge in [0.2, 0.25) is 5.95 Å². The van der Waals surface area contributed by atoms with E-state index in [0.717, 1.165) is 59.1 Å². The number of imidazole rings is 2. The number of aromatic nitrogens is 6. The minimum atomic E-state index is -0.625. The molecule has 11 heteroatoms. The Bertz CT molecular complexity index is 1550. The first-order valence-corrected chi connectivity index (χ1v) is 11.7. The lowest BCUT2D eigenvalue weighted by Gasteiger charge is -2.17. The average Bonchev–Trinajstić information content (AvgIpc) is 3.44. The van der Waals surface area contributed by atoms with Gasteiger partial charge in [-0.25, -0.2) is 23.9 Å². The van der Waals surface area contributed by atoms with Gasteiger partial charge in [-0.1, -0.05) is 12.2 Å². The third-order valence-electron chi connectivity index (χ3n) is 5.91. The van der Waals surface area contributed by atoms with E-state index in [0.29, 0.717) is 24.8 Å². The van der Waals surface area contributed by atoms with Gasteiger partial charge in [0.05, 0.1) is 24.1 Å². The molecule has 0 saturated carbocycles. The smallest absolute Gasteiger partial charge is 0.213 e. The van der Waals surface area contributed by atoms with Gasteiger partial charge in [0.15, 0.2) is 5.65 Å². The molecular formula is C26H24F2N8O. The highest BCUT2D eigenvalue weighted by molar-refractivity contribution is 5.78. The fraction of sp³-hybridized carbons (Fsp3) is 0.192. The third-order valence-corrected chi connectivity index (χ3v) is 5.91. The highest BCUT2D eigenvalue weighted by atomic mass is 19.1. The summed E-state index contributed by atoms with van der Waals surface area (Å²) in [6, 6.07) is 6.44. The standard InChI is InChI=1S/C20H20FN7.C6H4FNO/c1-22-16-12-28-17(24-16)8-7-15(26-28)20-19(13-3-2-4-14(21)6-5-13)25-18-11-23-9-10-27(18)20;7-6-3-5(4-9)1-2-8-6/h2,4-8,12,22-23H,3,9-11H2,1H3;1-4H. The molecule has 2 N–H and O–H groups in total. The molecule has 1 aliphatic carbocycles. The first-order valence-electron chi connectivity index (χ1n) is 11.7. The van der Waals surface area contributed by atoms with Gasteiger partial charge in [-0.3, -0.25) is 4.79 Å². The van der Waals surface area contributed by atoms with Gasteiger partial charge >= 0.3 is 0 Å². The van der Waals surface area contributed by atoms with E-state index in [1.54, 1.807) is 4.52 Å². The number of hydrogen-bond acceptors (Lipinski definition) is 7. The summed E-state index contributed by atoms with van der Waals surface area (Å²) in [5.41, 5.74) is 4.70. The predicted octanol–water partition coefficient (Wildman–Crippen LogP) is 3.97. The van der Waals surface area contributed by atoms with Crippen molar-refractivity contribution in [2.24, 2.45) is 0 Å². The van der Waals surface area contributed by atoms with E-state index in [1.165, 1.54) is 24.4 Å². The minimum absolute atomic E-state index is 0.250. The Morgan fingerprint density at radius 3 is 2.84 bits per heavy atom. The molecule has 0 fully saturated rings. The lowest BCUT2D eigenvalue weighted by atomic mass is 10.1. The summed E-state index contributed by atoms with van der Waals surface area (Å²) in [5, 5.41) is 11.2. The molecule has 0 saturated heterocycles. The van der Waals surface area contributed by atoms with Crippen LogP contribution in [0.1, 0.15) is 28.3 Å². The summed E-state index contributed by atoms with van der Waals surface area (Å²) in [6.07, 6.45) is 10.9. The number of pyridine rings is 1. The van der Waals surface area contributed by atoms with Gasteiger partial charge in [0.1, 0.15) is 29.4 Å². The van der Waals surface area contributed by atoms with Gasteiger partial charge in [0, 0.05) is 38.0 Å². The summed E-state index contributed by atoms with van der Waals surface area (Å²) in [7, 11) is 1.83. The number of anilines is 1. The zero-order valence-electron chi connectivity index (χ0n) is 20.0. The molecule has 9 nitrogen and oxygen atoms in total. The van der Waals surface area contributed by atoms with Crippen LogP contribution in [0.3, 0.4) is 0 Å². The van der Waals surface area contributed by atoms with E-state index < -0.39 is 5.95 Å². The average molecular weight is 503 g/mol. The first kappa shape index (κ1) is 24.2. The molecule has 188 valence electrons. The number of carbonyl (C=O) groups is 1. The van der Waals surface area contributed by atoms with Crippen molar-refractivity contribution in [2.75, 3.05) is 18.9 Å². The summed E-state index contributed by atoms with van der Waals surface area (Å²) in [5.74, 6) is 0.860. The second-order valence-electron chi connectivity index (χ2n) is 8.33. The van der Waals surface area contributed by atoms with Crippen LogP contribution in [0, 0.1) is 5.95 Å². The van der Waals surface area contributed by atoms with Crippen molar-refractivity contribution in [3.05, 3.63) is 89.8 Å². The number of rotatable bonds is 4. The normalized spacial score (nSPS) is 14.7. The maximum absolute atomic E-state index is 13.7. The van der Waals surface area contributed by atoms with Crippen LogP contribution >= 0.6 is 0 Å². The molecule has 0 atom stereocenters. The fourth-order valence-corrected chi connectivity index (χ4v) is 4.15. The minimum Gasteiger partial charge on any atom is -0.372 e. The highest BCUT2D eigenvalue weighted by Crippen LogP contribution is 2.33. The van der Waals surface area contributed by atoms with Crippen LogP contribution in [0.15, 0.2) is 66.8 Å². The molecule has 0 unspecified atom stereocenters. The quantitative estimate of drug-likeness (QED) is 0.322. The van der Waals surface area contributed by atoms with Crippen LogP contribution in [-0.2, 0) is 13.1 Å². The molecule has 0 spiro atoms. The van der Waals surface area contributed by atoms with Gasteiger partial charge in [-0.2, -0.15) is 9.49 Å². The van der Waals surface area contributed by atoms with Crippen molar-refractivity contribution < 1.29 is 13.6 Å². The van der Waals surface area contributed by atoms with Gasteiger partial charge in [-0.15, -0.1) is 0 Å². The van der Waals surface area contributed by atoms with E-state index >= 15 is 0 Å². The molecule has 1 aliphatic heterocycles. The lowest BCUT2D eigenvalue weighted by Crippen LogP contribution is -2.28. The molecular weight excluding hydrogens is 478 g/mol. The van der Waals surface area contributed by atoms with Crippen molar-refractivity contribution in [1.29, 1.82) is 0 Å². The topological polar surface area (TPSA) is 102 Å². The van der Waals surface area contributed by atoms with E-state index in [9.17, 15) is 13.6 Å². The lowest BCUT2D eigenvalue weighted by molar-refractivity contribution is 0.112. The fourth-order valence-electron chi connectivity index (χ4n) is 4.15. The zero-order valence-corrected chi connectivity index (χ0v) is 20.0. The van der Waals surface area contributed by atoms with Crippen LogP contribution < -0.4 is 10.6 Å². The first-order chi connectivity index (χ1) is 18.1. The van der Waals surface area contributed by atoms with Crippen molar-refractivity contribution in [3.8, 4) is 11.4 Å². The number of allylic oxidation sites excluding steroid dienone is 6. The Hall–Kier alpha value is -4.51. The maximum atomic E-state index is 13.7. The number of fused-ring (bicyclic) bond motifs is 2. The van der Waals surface area contributed by atoms with Crippen molar-refractivity contribution in [2.45, 2.75) is 19.5 Å². The van der Waals surface area contributed by atoms with Crippen molar-refractivity contribution in [1.82, 2.24) is 34.4 Å². The van der Waals surface area contributed by atoms with Crippen LogP contribution in [0.4, 0.5) is 14.6 Å². The van der Waals surface area contributed by atoms with Crippen LogP contribution in [0.5, 0.6) is 0 Å². The number of nitrogens with one attached hydrogen (secondary N) is 2. The zero-order chi connectivity index (χ0) is 25.8. The van der Waals surface area contributed by atoms with Crippen molar-refractivity contribution in [3.63, 3.8) is 0 Å². The Morgan fingerprint density at radius 2 is 2.05 bits per heavy atom. The summed E-state index contributed by atoms with van der Waals surface area (Å²) >= 11 is 0. The van der Waals surface area contributed by atoms with Gasteiger partial charge in [-0.05, 0) is 42.3 Å². The van der Waals surface area contributed by atoms with Crippen LogP contribution in [-0.4, -0.2) is 49.0 Å². The second-order valence-corrected chi connectivity index (χ2v) is 8.33. The molecule has 0 amide bonds. The van der Waals surface area contributed by atoms with E-state index in [2.05, 4.69) is 25.2 Å². The summed E-state index contributed by atoms with van der Waals surface area (Å²) < 4.78 is 29.7. The molecule has 4 aromatic heterocycles. The maximum Gasteiger partial charge on any atom is 0.213 e. The van der Waals surface area contributed by atoms with Gasteiger partial charge < -0.3 is 15.2 Å². The third kappa shape index (κ3) is 5.21. The monoisotopic (exact) mass is 502 g/mol. The van der Waals surface area contributed by atoms with Gasteiger partial charge in [0.25, 0.3) is 0 Å².